The minimum absolute atomic E-state index is 0.248. The fourth-order valence-electron chi connectivity index (χ4n) is 1.29. The molecule has 0 amide bonds. The number of aromatic carboxylic acids is 1. The van der Waals surface area contributed by atoms with Crippen molar-refractivity contribution in [1.29, 1.82) is 0 Å². The van der Waals surface area contributed by atoms with Crippen LogP contribution in [0.2, 0.25) is 0 Å². The first-order valence-corrected chi connectivity index (χ1v) is 5.50. The zero-order valence-electron chi connectivity index (χ0n) is 8.18. The Hall–Kier alpha value is -1.40. The molecule has 0 radical (unpaired) electrons. The van der Waals surface area contributed by atoms with E-state index in [0.29, 0.717) is 5.56 Å². The van der Waals surface area contributed by atoms with Crippen LogP contribution in [-0.2, 0) is 10.1 Å². The summed E-state index contributed by atoms with van der Waals surface area (Å²) >= 11 is 0. The minimum atomic E-state index is -4.51. The molecule has 0 aliphatic carbocycles. The van der Waals surface area contributed by atoms with Gasteiger partial charge < -0.3 is 5.11 Å². The van der Waals surface area contributed by atoms with Crippen LogP contribution in [0.5, 0.6) is 0 Å². The average Bonchev–Trinajstić information content (AvgIpc) is 2.06. The van der Waals surface area contributed by atoms with Gasteiger partial charge >= 0.3 is 5.97 Å². The lowest BCUT2D eigenvalue weighted by atomic mass is 10.1. The summed E-state index contributed by atoms with van der Waals surface area (Å²) in [5, 5.41) is 8.77. The highest BCUT2D eigenvalue weighted by Crippen LogP contribution is 2.23. The lowest BCUT2D eigenvalue weighted by molar-refractivity contribution is 0.0692. The number of carbonyl (C=O) groups is 1. The van der Waals surface area contributed by atoms with E-state index in [0.717, 1.165) is 6.07 Å². The molecule has 0 spiro atoms. The predicted molar refractivity (Wildman–Crippen MR) is 52.7 cm³/mol. The second-order valence-corrected chi connectivity index (χ2v) is 4.52. The van der Waals surface area contributed by atoms with E-state index in [1.807, 2.05) is 0 Å². The van der Waals surface area contributed by atoms with Crippen LogP contribution in [0.4, 0.5) is 0 Å². The summed E-state index contributed by atoms with van der Waals surface area (Å²) in [6, 6.07) is 2.65. The Morgan fingerprint density at radius 3 is 2.20 bits per heavy atom. The van der Waals surface area contributed by atoms with Gasteiger partial charge in [0.05, 0.1) is 5.56 Å². The normalized spacial score (nSPS) is 11.4. The summed E-state index contributed by atoms with van der Waals surface area (Å²) in [5.74, 6) is -1.38. The molecule has 15 heavy (non-hydrogen) atoms. The van der Waals surface area contributed by atoms with Crippen LogP contribution in [0.25, 0.3) is 0 Å². The molecule has 0 bridgehead atoms. The molecule has 0 saturated heterocycles. The Labute approximate surface area is 87.1 Å². The summed E-state index contributed by atoms with van der Waals surface area (Å²) in [4.78, 5) is 10.2. The third-order valence-electron chi connectivity index (χ3n) is 2.17. The summed E-state index contributed by atoms with van der Waals surface area (Å²) in [6.45, 7) is 3.08. The first kappa shape index (κ1) is 11.7. The van der Waals surface area contributed by atoms with Crippen LogP contribution in [0.1, 0.15) is 21.5 Å². The number of carboxylic acids is 1. The predicted octanol–water partition coefficient (Wildman–Crippen LogP) is 1.25. The number of hydrogen-bond acceptors (Lipinski definition) is 3. The van der Waals surface area contributed by atoms with Gasteiger partial charge in [0, 0.05) is 0 Å². The van der Waals surface area contributed by atoms with Crippen LogP contribution in [0.3, 0.4) is 0 Å². The smallest absolute Gasteiger partial charge is 0.337 e. The maximum absolute atomic E-state index is 11.0. The van der Waals surface area contributed by atoms with Gasteiger partial charge in [-0.1, -0.05) is 6.07 Å². The Balaban J connectivity index is 3.72. The maximum Gasteiger partial charge on any atom is 0.337 e. The van der Waals surface area contributed by atoms with Crippen molar-refractivity contribution in [2.45, 2.75) is 18.7 Å². The van der Waals surface area contributed by atoms with E-state index in [4.69, 9.17) is 9.66 Å². The van der Waals surface area contributed by atoms with Crippen LogP contribution >= 0.6 is 0 Å². The van der Waals surface area contributed by atoms with Gasteiger partial charge in [-0.05, 0) is 31.0 Å². The Morgan fingerprint density at radius 2 is 1.80 bits per heavy atom. The van der Waals surface area contributed by atoms with Crippen molar-refractivity contribution >= 4 is 16.1 Å². The van der Waals surface area contributed by atoms with Crippen molar-refractivity contribution in [3.8, 4) is 0 Å². The van der Waals surface area contributed by atoms with Crippen LogP contribution in [0, 0.1) is 13.8 Å². The van der Waals surface area contributed by atoms with E-state index in [9.17, 15) is 13.2 Å². The second-order valence-electron chi connectivity index (χ2n) is 3.16. The number of rotatable bonds is 2. The van der Waals surface area contributed by atoms with E-state index in [1.165, 1.54) is 13.0 Å². The van der Waals surface area contributed by atoms with Gasteiger partial charge in [0.1, 0.15) is 4.90 Å². The highest BCUT2D eigenvalue weighted by molar-refractivity contribution is 7.86. The van der Waals surface area contributed by atoms with E-state index in [-0.39, 0.29) is 5.56 Å². The molecule has 0 fully saturated rings. The SMILES string of the molecule is Cc1ccc(C(=O)O)c(S(=O)(=O)O)c1C. The molecule has 2 N–H and O–H groups in total. The van der Waals surface area contributed by atoms with Gasteiger partial charge in [-0.2, -0.15) is 8.42 Å². The number of benzene rings is 1. The van der Waals surface area contributed by atoms with Gasteiger partial charge in [-0.3, -0.25) is 4.55 Å². The molecule has 1 aromatic rings. The third-order valence-corrected chi connectivity index (χ3v) is 3.21. The lowest BCUT2D eigenvalue weighted by Crippen LogP contribution is -2.11. The minimum Gasteiger partial charge on any atom is -0.478 e. The van der Waals surface area contributed by atoms with Crippen molar-refractivity contribution in [2.24, 2.45) is 0 Å². The van der Waals surface area contributed by atoms with Gasteiger partial charge in [0.2, 0.25) is 0 Å². The quantitative estimate of drug-likeness (QED) is 0.746. The summed E-state index contributed by atoms with van der Waals surface area (Å²) in [5.41, 5.74) is 0.436. The molecule has 0 atom stereocenters. The largest absolute Gasteiger partial charge is 0.478 e. The fourth-order valence-corrected chi connectivity index (χ4v) is 2.27. The molecule has 6 heteroatoms. The van der Waals surface area contributed by atoms with Gasteiger partial charge in [-0.15, -0.1) is 0 Å². The molecule has 0 aliphatic heterocycles. The third kappa shape index (κ3) is 2.16. The highest BCUT2D eigenvalue weighted by atomic mass is 32.2. The summed E-state index contributed by atoms with van der Waals surface area (Å²) in [7, 11) is -4.51. The monoisotopic (exact) mass is 230 g/mol. The Kier molecular flexibility index (Phi) is 2.83. The van der Waals surface area contributed by atoms with Crippen molar-refractivity contribution in [3.05, 3.63) is 28.8 Å². The van der Waals surface area contributed by atoms with Crippen molar-refractivity contribution in [1.82, 2.24) is 0 Å². The highest BCUT2D eigenvalue weighted by Gasteiger charge is 2.23. The van der Waals surface area contributed by atoms with E-state index in [2.05, 4.69) is 0 Å². The molecule has 0 heterocycles. The molecule has 0 unspecified atom stereocenters. The van der Waals surface area contributed by atoms with Crippen molar-refractivity contribution in [3.63, 3.8) is 0 Å². The molecule has 0 aliphatic rings. The molecule has 1 rings (SSSR count). The van der Waals surface area contributed by atoms with Gasteiger partial charge in [0.25, 0.3) is 10.1 Å². The molecule has 5 nitrogen and oxygen atoms in total. The summed E-state index contributed by atoms with van der Waals surface area (Å²) in [6.07, 6.45) is 0. The standard InChI is InChI=1S/C9H10O5S/c1-5-3-4-7(9(10)11)8(6(5)2)15(12,13)14/h3-4H,1-2H3,(H,10,11)(H,12,13,14). The van der Waals surface area contributed by atoms with Crippen LogP contribution in [-0.4, -0.2) is 24.0 Å². The molecule has 0 aromatic heterocycles. The number of hydrogen-bond donors (Lipinski definition) is 2. The topological polar surface area (TPSA) is 91.7 Å². The molecule has 1 aromatic carbocycles. The van der Waals surface area contributed by atoms with E-state index >= 15 is 0 Å². The number of carboxylic acid groups (broad SMARTS) is 1. The molecule has 82 valence electrons. The fraction of sp³-hybridized carbons (Fsp3) is 0.222. The summed E-state index contributed by atoms with van der Waals surface area (Å²) < 4.78 is 31.0. The van der Waals surface area contributed by atoms with Crippen LogP contribution < -0.4 is 0 Å². The first-order chi connectivity index (χ1) is 6.75. The second kappa shape index (κ2) is 3.63. The van der Waals surface area contributed by atoms with E-state index in [1.54, 1.807) is 6.92 Å². The molecular weight excluding hydrogens is 220 g/mol. The first-order valence-electron chi connectivity index (χ1n) is 4.06. The Bertz CT molecular complexity index is 516. The molecular formula is C9H10O5S. The maximum atomic E-state index is 11.0. The van der Waals surface area contributed by atoms with E-state index < -0.39 is 26.5 Å². The van der Waals surface area contributed by atoms with Crippen molar-refractivity contribution in [2.75, 3.05) is 0 Å². The molecule has 0 saturated carbocycles. The number of aryl methyl sites for hydroxylation is 1. The Morgan fingerprint density at radius 1 is 1.27 bits per heavy atom. The van der Waals surface area contributed by atoms with Crippen molar-refractivity contribution < 1.29 is 22.9 Å². The average molecular weight is 230 g/mol. The zero-order chi connectivity index (χ0) is 11.8. The van der Waals surface area contributed by atoms with Crippen LogP contribution in [0.15, 0.2) is 17.0 Å². The van der Waals surface area contributed by atoms with Gasteiger partial charge in [-0.25, -0.2) is 4.79 Å². The lowest BCUT2D eigenvalue weighted by Gasteiger charge is -2.08. The van der Waals surface area contributed by atoms with Gasteiger partial charge in [0.15, 0.2) is 0 Å². The zero-order valence-corrected chi connectivity index (χ0v) is 9.00.